The van der Waals surface area contributed by atoms with Crippen LogP contribution in [0.5, 0.6) is 0 Å². The Kier molecular flexibility index (Phi) is 5.41. The SMILES string of the molecule is CCOP(=O)(OCC)[C@@H](N)c1cc(F)cc(F)c1. The molecule has 0 unspecified atom stereocenters. The lowest BCUT2D eigenvalue weighted by molar-refractivity contribution is 0.212. The van der Waals surface area contributed by atoms with Crippen LogP contribution in [0.2, 0.25) is 0 Å². The van der Waals surface area contributed by atoms with Crippen molar-refractivity contribution < 1.29 is 22.4 Å². The van der Waals surface area contributed by atoms with Gasteiger partial charge in [-0.25, -0.2) is 8.78 Å². The summed E-state index contributed by atoms with van der Waals surface area (Å²) in [7, 11) is -3.63. The van der Waals surface area contributed by atoms with Gasteiger partial charge in [-0.1, -0.05) is 0 Å². The summed E-state index contributed by atoms with van der Waals surface area (Å²) in [4.78, 5) is 0. The molecule has 4 nitrogen and oxygen atoms in total. The molecular formula is C11H16F2NO3P. The van der Waals surface area contributed by atoms with Gasteiger partial charge in [0.2, 0.25) is 0 Å². The molecule has 0 amide bonds. The van der Waals surface area contributed by atoms with Crippen LogP contribution >= 0.6 is 7.60 Å². The zero-order valence-electron chi connectivity index (χ0n) is 10.2. The van der Waals surface area contributed by atoms with Crippen molar-refractivity contribution in [3.05, 3.63) is 35.4 Å². The lowest BCUT2D eigenvalue weighted by atomic mass is 10.2. The van der Waals surface area contributed by atoms with E-state index in [4.69, 9.17) is 14.8 Å². The largest absolute Gasteiger partial charge is 0.351 e. The van der Waals surface area contributed by atoms with Crippen LogP contribution in [-0.4, -0.2) is 13.2 Å². The Morgan fingerprint density at radius 2 is 1.61 bits per heavy atom. The molecule has 1 rings (SSSR count). The van der Waals surface area contributed by atoms with Gasteiger partial charge in [0, 0.05) is 6.07 Å². The normalized spacial score (nSPS) is 13.6. The molecule has 0 saturated heterocycles. The van der Waals surface area contributed by atoms with Crippen molar-refractivity contribution in [3.63, 3.8) is 0 Å². The van der Waals surface area contributed by atoms with E-state index in [0.29, 0.717) is 6.07 Å². The van der Waals surface area contributed by atoms with Gasteiger partial charge in [-0.3, -0.25) is 4.57 Å². The van der Waals surface area contributed by atoms with Crippen LogP contribution in [-0.2, 0) is 13.6 Å². The van der Waals surface area contributed by atoms with Crippen molar-refractivity contribution in [2.75, 3.05) is 13.2 Å². The Morgan fingerprint density at radius 1 is 1.17 bits per heavy atom. The molecule has 0 aliphatic rings. The summed E-state index contributed by atoms with van der Waals surface area (Å²) in [5, 5.41) is 0. The van der Waals surface area contributed by atoms with Gasteiger partial charge >= 0.3 is 7.60 Å². The molecule has 1 aromatic carbocycles. The molecular weight excluding hydrogens is 263 g/mol. The van der Waals surface area contributed by atoms with Crippen LogP contribution in [0.15, 0.2) is 18.2 Å². The van der Waals surface area contributed by atoms with Crippen molar-refractivity contribution in [2.45, 2.75) is 19.6 Å². The number of hydrogen-bond acceptors (Lipinski definition) is 4. The average molecular weight is 279 g/mol. The molecule has 0 fully saturated rings. The summed E-state index contributed by atoms with van der Waals surface area (Å²) < 4.78 is 48.5. The molecule has 18 heavy (non-hydrogen) atoms. The molecule has 7 heteroatoms. The van der Waals surface area contributed by atoms with Crippen molar-refractivity contribution in [1.29, 1.82) is 0 Å². The molecule has 1 atom stereocenters. The molecule has 0 aromatic heterocycles. The second kappa shape index (κ2) is 6.38. The van der Waals surface area contributed by atoms with Crippen LogP contribution in [0.3, 0.4) is 0 Å². The number of hydrogen-bond donors (Lipinski definition) is 1. The third-order valence-electron chi connectivity index (χ3n) is 2.19. The Hall–Kier alpha value is -0.810. The zero-order valence-corrected chi connectivity index (χ0v) is 11.1. The molecule has 0 aliphatic heterocycles. The van der Waals surface area contributed by atoms with E-state index in [0.717, 1.165) is 12.1 Å². The average Bonchev–Trinajstić information content (AvgIpc) is 2.27. The van der Waals surface area contributed by atoms with E-state index in [1.54, 1.807) is 13.8 Å². The van der Waals surface area contributed by atoms with Crippen molar-refractivity contribution in [3.8, 4) is 0 Å². The fraction of sp³-hybridized carbons (Fsp3) is 0.455. The van der Waals surface area contributed by atoms with Crippen LogP contribution in [0, 0.1) is 11.6 Å². The Labute approximate surface area is 105 Å². The van der Waals surface area contributed by atoms with Crippen LogP contribution < -0.4 is 5.73 Å². The van der Waals surface area contributed by atoms with Gasteiger partial charge in [-0.05, 0) is 31.5 Å². The summed E-state index contributed by atoms with van der Waals surface area (Å²) in [6.07, 6.45) is 0. The highest BCUT2D eigenvalue weighted by Gasteiger charge is 2.34. The number of halogens is 2. The van der Waals surface area contributed by atoms with E-state index < -0.39 is 25.0 Å². The van der Waals surface area contributed by atoms with Crippen LogP contribution in [0.4, 0.5) is 8.78 Å². The lowest BCUT2D eigenvalue weighted by Gasteiger charge is -2.23. The van der Waals surface area contributed by atoms with Gasteiger partial charge in [-0.15, -0.1) is 0 Å². The molecule has 0 heterocycles. The van der Waals surface area contributed by atoms with E-state index >= 15 is 0 Å². The number of nitrogens with two attached hydrogens (primary N) is 1. The van der Waals surface area contributed by atoms with Crippen LogP contribution in [0.25, 0.3) is 0 Å². The third-order valence-corrected chi connectivity index (χ3v) is 4.40. The summed E-state index contributed by atoms with van der Waals surface area (Å²) in [5.74, 6) is -2.80. The Morgan fingerprint density at radius 3 is 2.00 bits per heavy atom. The maximum absolute atomic E-state index is 13.1. The zero-order chi connectivity index (χ0) is 13.8. The summed E-state index contributed by atoms with van der Waals surface area (Å²) in [5.41, 5.74) is 5.78. The fourth-order valence-electron chi connectivity index (χ4n) is 1.49. The first-order valence-corrected chi connectivity index (χ1v) is 7.14. The van der Waals surface area contributed by atoms with Gasteiger partial charge < -0.3 is 14.8 Å². The summed E-state index contributed by atoms with van der Waals surface area (Å²) in [6, 6.07) is 2.74. The van der Waals surface area contributed by atoms with Crippen molar-refractivity contribution in [1.82, 2.24) is 0 Å². The molecule has 0 radical (unpaired) electrons. The van der Waals surface area contributed by atoms with E-state index in [-0.39, 0.29) is 18.8 Å². The second-order valence-corrected chi connectivity index (χ2v) is 5.68. The Balaban J connectivity index is 3.09. The maximum atomic E-state index is 13.1. The van der Waals surface area contributed by atoms with E-state index in [1.807, 2.05) is 0 Å². The van der Waals surface area contributed by atoms with Gasteiger partial charge in [0.05, 0.1) is 13.2 Å². The highest BCUT2D eigenvalue weighted by molar-refractivity contribution is 7.54. The lowest BCUT2D eigenvalue weighted by Crippen LogP contribution is -2.15. The minimum Gasteiger partial charge on any atom is -0.314 e. The summed E-state index contributed by atoms with van der Waals surface area (Å²) in [6.45, 7) is 3.51. The molecule has 0 bridgehead atoms. The van der Waals surface area contributed by atoms with E-state index in [1.165, 1.54) is 0 Å². The first-order chi connectivity index (χ1) is 8.42. The first kappa shape index (κ1) is 15.2. The minimum absolute atomic E-state index is 0.0396. The molecule has 0 spiro atoms. The van der Waals surface area contributed by atoms with Gasteiger partial charge in [0.15, 0.2) is 0 Å². The minimum atomic E-state index is -3.63. The van der Waals surface area contributed by atoms with E-state index in [9.17, 15) is 13.3 Å². The molecule has 1 aromatic rings. The second-order valence-electron chi connectivity index (χ2n) is 3.52. The topological polar surface area (TPSA) is 61.5 Å². The van der Waals surface area contributed by atoms with Crippen molar-refractivity contribution in [2.24, 2.45) is 5.73 Å². The first-order valence-electron chi connectivity index (χ1n) is 5.53. The third kappa shape index (κ3) is 3.59. The molecule has 0 saturated carbocycles. The predicted octanol–water partition coefficient (Wildman–Crippen LogP) is 3.19. The predicted molar refractivity (Wildman–Crippen MR) is 64.1 cm³/mol. The molecule has 0 aliphatic carbocycles. The van der Waals surface area contributed by atoms with E-state index in [2.05, 4.69) is 0 Å². The summed E-state index contributed by atoms with van der Waals surface area (Å²) >= 11 is 0. The highest BCUT2D eigenvalue weighted by Crippen LogP contribution is 2.58. The fourth-order valence-corrected chi connectivity index (χ4v) is 3.12. The number of benzene rings is 1. The quantitative estimate of drug-likeness (QED) is 0.812. The smallest absolute Gasteiger partial charge is 0.314 e. The Bertz CT molecular complexity index is 426. The van der Waals surface area contributed by atoms with Gasteiger partial charge in [0.1, 0.15) is 17.4 Å². The van der Waals surface area contributed by atoms with Gasteiger partial charge in [0.25, 0.3) is 0 Å². The molecule has 2 N–H and O–H groups in total. The standard InChI is InChI=1S/C11H16F2NO3P/c1-3-16-18(15,17-4-2)11(14)8-5-9(12)7-10(13)6-8/h5-7,11H,3-4,14H2,1-2H3/t11-/m1/s1. The van der Waals surface area contributed by atoms with Crippen LogP contribution in [0.1, 0.15) is 25.2 Å². The molecule has 102 valence electrons. The van der Waals surface area contributed by atoms with Crippen molar-refractivity contribution >= 4 is 7.60 Å². The number of rotatable bonds is 6. The monoisotopic (exact) mass is 279 g/mol. The van der Waals surface area contributed by atoms with Gasteiger partial charge in [-0.2, -0.15) is 0 Å². The maximum Gasteiger partial charge on any atom is 0.351 e. The highest BCUT2D eigenvalue weighted by atomic mass is 31.2.